The first kappa shape index (κ1) is 14.2. The van der Waals surface area contributed by atoms with E-state index in [4.69, 9.17) is 10.7 Å². The van der Waals surface area contributed by atoms with Crippen molar-refractivity contribution in [2.24, 2.45) is 5.73 Å². The number of fused-ring (bicyclic) bond motifs is 1. The van der Waals surface area contributed by atoms with Gasteiger partial charge in [-0.1, -0.05) is 49.4 Å². The third kappa shape index (κ3) is 2.47. The molecule has 0 aliphatic heterocycles. The number of rotatable bonds is 3. The Bertz CT molecular complexity index is 766. The van der Waals surface area contributed by atoms with Crippen molar-refractivity contribution in [1.82, 2.24) is 14.6 Å². The number of nitrogens with two attached hydrogens (primary N) is 1. The van der Waals surface area contributed by atoms with Crippen LogP contribution in [0.5, 0.6) is 0 Å². The minimum atomic E-state index is 0.0564. The summed E-state index contributed by atoms with van der Waals surface area (Å²) in [6.45, 7) is 8.37. The quantitative estimate of drug-likeness (QED) is 0.798. The lowest BCUT2D eigenvalue weighted by Crippen LogP contribution is -2.04. The number of hydrogen-bond acceptors (Lipinski definition) is 4. The molecule has 0 radical (unpaired) electrons. The Morgan fingerprint density at radius 1 is 1.14 bits per heavy atom. The van der Waals surface area contributed by atoms with Crippen LogP contribution in [0.3, 0.4) is 0 Å². The molecule has 1 unspecified atom stereocenters. The molecule has 3 rings (SSSR count). The zero-order valence-corrected chi connectivity index (χ0v) is 13.6. The van der Waals surface area contributed by atoms with Gasteiger partial charge in [0, 0.05) is 17.5 Å². The second-order valence-corrected chi connectivity index (χ2v) is 6.73. The lowest BCUT2D eigenvalue weighted by molar-refractivity contribution is 0.793. The van der Waals surface area contributed by atoms with Crippen LogP contribution in [0.2, 0.25) is 0 Å². The normalized spacial score (nSPS) is 13.2. The summed E-state index contributed by atoms with van der Waals surface area (Å²) in [6, 6.07) is 8.36. The molecular formula is C16H20N4S. The number of hydrogen-bond donors (Lipinski definition) is 1. The highest BCUT2D eigenvalue weighted by Crippen LogP contribution is 2.29. The summed E-state index contributed by atoms with van der Waals surface area (Å²) < 4.78 is 1.95. The molecule has 2 N–H and O–H groups in total. The molecule has 0 saturated carbocycles. The van der Waals surface area contributed by atoms with E-state index >= 15 is 0 Å². The van der Waals surface area contributed by atoms with Gasteiger partial charge < -0.3 is 5.73 Å². The second-order valence-electron chi connectivity index (χ2n) is 5.75. The molecule has 21 heavy (non-hydrogen) atoms. The van der Waals surface area contributed by atoms with Gasteiger partial charge >= 0.3 is 0 Å². The molecule has 0 amide bonds. The Morgan fingerprint density at radius 2 is 1.81 bits per heavy atom. The maximum absolute atomic E-state index is 5.89. The third-order valence-corrected chi connectivity index (χ3v) is 4.86. The van der Waals surface area contributed by atoms with Crippen molar-refractivity contribution in [1.29, 1.82) is 0 Å². The highest BCUT2D eigenvalue weighted by atomic mass is 32.1. The fourth-order valence-corrected chi connectivity index (χ4v) is 3.26. The minimum Gasteiger partial charge on any atom is -0.324 e. The summed E-state index contributed by atoms with van der Waals surface area (Å²) in [5.41, 5.74) is 10.2. The Balaban J connectivity index is 2.04. The average Bonchev–Trinajstić information content (AvgIpc) is 2.99. The van der Waals surface area contributed by atoms with E-state index in [1.54, 1.807) is 11.3 Å². The third-order valence-electron chi connectivity index (χ3n) is 3.65. The van der Waals surface area contributed by atoms with Crippen LogP contribution in [0.1, 0.15) is 49.0 Å². The van der Waals surface area contributed by atoms with E-state index in [9.17, 15) is 0 Å². The molecule has 0 spiro atoms. The predicted octanol–water partition coefficient (Wildman–Crippen LogP) is 3.91. The van der Waals surface area contributed by atoms with Crippen LogP contribution in [-0.2, 0) is 0 Å². The van der Waals surface area contributed by atoms with Gasteiger partial charge in [-0.2, -0.15) is 5.10 Å². The van der Waals surface area contributed by atoms with Gasteiger partial charge in [0.25, 0.3) is 0 Å². The molecule has 3 aromatic rings. The maximum atomic E-state index is 5.89. The number of benzene rings is 1. The van der Waals surface area contributed by atoms with Gasteiger partial charge in [0.05, 0.1) is 11.4 Å². The molecule has 4 nitrogen and oxygen atoms in total. The van der Waals surface area contributed by atoms with E-state index in [0.29, 0.717) is 5.92 Å². The largest absolute Gasteiger partial charge is 0.324 e. The summed E-state index contributed by atoms with van der Waals surface area (Å²) in [5.74, 6) is 0.435. The first-order valence-electron chi connectivity index (χ1n) is 7.19. The van der Waals surface area contributed by atoms with Crippen molar-refractivity contribution in [3.05, 3.63) is 40.5 Å². The zero-order chi connectivity index (χ0) is 15.1. The smallest absolute Gasteiger partial charge is 0.212 e. The highest BCUT2D eigenvalue weighted by molar-refractivity contribution is 7.16. The van der Waals surface area contributed by atoms with Crippen LogP contribution < -0.4 is 5.73 Å². The molecule has 0 aliphatic carbocycles. The molecule has 2 aromatic heterocycles. The molecule has 1 aromatic carbocycles. The molecule has 0 bridgehead atoms. The fourth-order valence-electron chi connectivity index (χ4n) is 2.32. The SMILES string of the molecule is Cc1c(-c2ccc(C(C)N)cc2)nc2sc(C(C)C)nn12. The first-order valence-corrected chi connectivity index (χ1v) is 8.01. The van der Waals surface area contributed by atoms with E-state index in [1.807, 2.05) is 11.4 Å². The van der Waals surface area contributed by atoms with Gasteiger partial charge in [0.15, 0.2) is 0 Å². The van der Waals surface area contributed by atoms with E-state index in [0.717, 1.165) is 32.5 Å². The lowest BCUT2D eigenvalue weighted by Gasteiger charge is -2.06. The van der Waals surface area contributed by atoms with Crippen LogP contribution in [0, 0.1) is 6.92 Å². The van der Waals surface area contributed by atoms with E-state index in [2.05, 4.69) is 50.1 Å². The van der Waals surface area contributed by atoms with Crippen LogP contribution >= 0.6 is 11.3 Å². The molecule has 0 aliphatic rings. The van der Waals surface area contributed by atoms with Gasteiger partial charge in [0.2, 0.25) is 4.96 Å². The topological polar surface area (TPSA) is 56.2 Å². The molecule has 0 fully saturated rings. The van der Waals surface area contributed by atoms with Gasteiger partial charge in [-0.15, -0.1) is 0 Å². The Labute approximate surface area is 128 Å². The van der Waals surface area contributed by atoms with Gasteiger partial charge in [-0.3, -0.25) is 0 Å². The summed E-state index contributed by atoms with van der Waals surface area (Å²) >= 11 is 1.66. The van der Waals surface area contributed by atoms with Crippen molar-refractivity contribution < 1.29 is 0 Å². The van der Waals surface area contributed by atoms with Crippen LogP contribution in [0.4, 0.5) is 0 Å². The summed E-state index contributed by atoms with van der Waals surface area (Å²) in [4.78, 5) is 5.71. The maximum Gasteiger partial charge on any atom is 0.212 e. The average molecular weight is 300 g/mol. The predicted molar refractivity (Wildman–Crippen MR) is 87.7 cm³/mol. The van der Waals surface area contributed by atoms with E-state index in [-0.39, 0.29) is 6.04 Å². The van der Waals surface area contributed by atoms with E-state index < -0.39 is 0 Å². The summed E-state index contributed by atoms with van der Waals surface area (Å²) in [5, 5.41) is 5.78. The summed E-state index contributed by atoms with van der Waals surface area (Å²) in [7, 11) is 0. The van der Waals surface area contributed by atoms with Crippen LogP contribution in [0.25, 0.3) is 16.2 Å². The Morgan fingerprint density at radius 3 is 2.33 bits per heavy atom. The summed E-state index contributed by atoms with van der Waals surface area (Å²) in [6.07, 6.45) is 0. The van der Waals surface area contributed by atoms with Crippen molar-refractivity contribution >= 4 is 16.3 Å². The fraction of sp³-hybridized carbons (Fsp3) is 0.375. The molecule has 110 valence electrons. The first-order chi connectivity index (χ1) is 9.97. The van der Waals surface area contributed by atoms with Crippen molar-refractivity contribution in [3.8, 4) is 11.3 Å². The lowest BCUT2D eigenvalue weighted by atomic mass is 10.0. The van der Waals surface area contributed by atoms with E-state index in [1.165, 1.54) is 0 Å². The number of nitrogens with zero attached hydrogens (tertiary/aromatic N) is 3. The van der Waals surface area contributed by atoms with Crippen LogP contribution in [-0.4, -0.2) is 14.6 Å². The van der Waals surface area contributed by atoms with Gasteiger partial charge in [-0.25, -0.2) is 9.50 Å². The number of aromatic nitrogens is 3. The zero-order valence-electron chi connectivity index (χ0n) is 12.8. The van der Waals surface area contributed by atoms with Gasteiger partial charge in [0.1, 0.15) is 5.01 Å². The molecular weight excluding hydrogens is 280 g/mol. The standard InChI is InChI=1S/C16H20N4S/c1-9(2)15-19-20-11(4)14(18-16(20)21-15)13-7-5-12(6-8-13)10(3)17/h5-10H,17H2,1-4H3. The second kappa shape index (κ2) is 5.24. The highest BCUT2D eigenvalue weighted by Gasteiger charge is 2.16. The molecule has 1 atom stereocenters. The molecule has 5 heteroatoms. The number of imidazole rings is 1. The molecule has 2 heterocycles. The monoisotopic (exact) mass is 300 g/mol. The van der Waals surface area contributed by atoms with Gasteiger partial charge in [-0.05, 0) is 19.4 Å². The van der Waals surface area contributed by atoms with Crippen molar-refractivity contribution in [2.75, 3.05) is 0 Å². The number of aryl methyl sites for hydroxylation is 1. The van der Waals surface area contributed by atoms with Crippen LogP contribution in [0.15, 0.2) is 24.3 Å². The minimum absolute atomic E-state index is 0.0564. The Hall–Kier alpha value is -1.72. The molecule has 0 saturated heterocycles. The Kier molecular flexibility index (Phi) is 3.55. The van der Waals surface area contributed by atoms with Crippen molar-refractivity contribution in [3.63, 3.8) is 0 Å². The van der Waals surface area contributed by atoms with Crippen molar-refractivity contribution in [2.45, 2.75) is 39.7 Å².